The molecule has 0 radical (unpaired) electrons. The number of benzene rings is 2. The van der Waals surface area contributed by atoms with E-state index in [1.165, 1.54) is 16.7 Å². The zero-order chi connectivity index (χ0) is 16.9. The Hall–Kier alpha value is -1.32. The largest absolute Gasteiger partial charge is 0.489 e. The first kappa shape index (κ1) is 18.0. The van der Waals surface area contributed by atoms with Crippen molar-refractivity contribution in [2.75, 3.05) is 0 Å². The normalized spacial score (nSPS) is 11.5. The van der Waals surface area contributed by atoms with Crippen LogP contribution >= 0.6 is 15.9 Å². The first-order valence-corrected chi connectivity index (χ1v) is 8.91. The molecule has 0 fully saturated rings. The molecule has 0 heterocycles. The Balaban J connectivity index is 2.09. The van der Waals surface area contributed by atoms with Crippen LogP contribution in [0.4, 0.5) is 0 Å². The summed E-state index contributed by atoms with van der Waals surface area (Å²) in [6, 6.07) is 14.6. The van der Waals surface area contributed by atoms with Crippen molar-refractivity contribution in [2.24, 2.45) is 0 Å². The Kier molecular flexibility index (Phi) is 6.25. The van der Waals surface area contributed by atoms with Gasteiger partial charge >= 0.3 is 0 Å². The van der Waals surface area contributed by atoms with Crippen molar-refractivity contribution in [1.29, 1.82) is 0 Å². The molecule has 1 N–H and O–H groups in total. The van der Waals surface area contributed by atoms with Crippen molar-refractivity contribution < 1.29 is 4.74 Å². The highest BCUT2D eigenvalue weighted by Crippen LogP contribution is 2.25. The number of hydrogen-bond donors (Lipinski definition) is 1. The Morgan fingerprint density at radius 1 is 1.13 bits per heavy atom. The van der Waals surface area contributed by atoms with Crippen LogP contribution in [0.2, 0.25) is 0 Å². The van der Waals surface area contributed by atoms with E-state index in [0.717, 1.165) is 23.2 Å². The lowest BCUT2D eigenvalue weighted by molar-refractivity contribution is 0.298. The van der Waals surface area contributed by atoms with Crippen LogP contribution in [0, 0.1) is 6.92 Å². The molecule has 0 unspecified atom stereocenters. The van der Waals surface area contributed by atoms with Gasteiger partial charge in [-0.1, -0.05) is 52.7 Å². The molecular weight excluding hydrogens is 350 g/mol. The van der Waals surface area contributed by atoms with Crippen LogP contribution in [0.3, 0.4) is 0 Å². The van der Waals surface area contributed by atoms with Gasteiger partial charge in [0, 0.05) is 22.1 Å². The lowest BCUT2D eigenvalue weighted by Crippen LogP contribution is -2.37. The molecule has 2 aromatic rings. The predicted octanol–water partition coefficient (Wildman–Crippen LogP) is 5.61. The molecule has 23 heavy (non-hydrogen) atoms. The van der Waals surface area contributed by atoms with E-state index in [4.69, 9.17) is 4.74 Å². The van der Waals surface area contributed by atoms with Gasteiger partial charge in [-0.25, -0.2) is 0 Å². The van der Waals surface area contributed by atoms with Crippen molar-refractivity contribution in [3.63, 3.8) is 0 Å². The maximum absolute atomic E-state index is 6.07. The summed E-state index contributed by atoms with van der Waals surface area (Å²) in [7, 11) is 0. The topological polar surface area (TPSA) is 21.3 Å². The Morgan fingerprint density at radius 2 is 1.91 bits per heavy atom. The van der Waals surface area contributed by atoms with Crippen LogP contribution in [0.1, 0.15) is 43.9 Å². The number of ether oxygens (including phenoxy) is 1. The van der Waals surface area contributed by atoms with Gasteiger partial charge in [0.15, 0.2) is 0 Å². The summed E-state index contributed by atoms with van der Waals surface area (Å²) in [5, 5.41) is 3.60. The summed E-state index contributed by atoms with van der Waals surface area (Å²) in [4.78, 5) is 0. The molecule has 3 heteroatoms. The first-order valence-electron chi connectivity index (χ1n) is 8.11. The summed E-state index contributed by atoms with van der Waals surface area (Å²) in [6.45, 7) is 10.1. The van der Waals surface area contributed by atoms with E-state index in [1.807, 2.05) is 12.1 Å². The molecule has 0 saturated heterocycles. The summed E-state index contributed by atoms with van der Waals surface area (Å²) in [5.41, 5.74) is 3.75. The van der Waals surface area contributed by atoms with Crippen LogP contribution in [0.25, 0.3) is 0 Å². The minimum absolute atomic E-state index is 0.121. The highest BCUT2D eigenvalue weighted by atomic mass is 79.9. The fraction of sp³-hybridized carbons (Fsp3) is 0.400. The minimum atomic E-state index is 0.121. The highest BCUT2D eigenvalue weighted by Gasteiger charge is 2.15. The maximum Gasteiger partial charge on any atom is 0.124 e. The fourth-order valence-electron chi connectivity index (χ4n) is 2.25. The third kappa shape index (κ3) is 5.67. The van der Waals surface area contributed by atoms with Crippen LogP contribution in [-0.2, 0) is 13.2 Å². The van der Waals surface area contributed by atoms with Gasteiger partial charge in [0.05, 0.1) is 0 Å². The fourth-order valence-corrected chi connectivity index (χ4v) is 2.66. The van der Waals surface area contributed by atoms with E-state index in [1.54, 1.807) is 0 Å². The molecule has 0 spiro atoms. The second kappa shape index (κ2) is 7.98. The number of nitrogens with one attached hydrogen (secondary N) is 1. The molecule has 0 saturated carbocycles. The molecule has 0 aliphatic heterocycles. The zero-order valence-corrected chi connectivity index (χ0v) is 16.0. The molecule has 0 aromatic heterocycles. The maximum atomic E-state index is 6.07. The molecule has 2 aromatic carbocycles. The zero-order valence-electron chi connectivity index (χ0n) is 14.4. The van der Waals surface area contributed by atoms with Crippen LogP contribution in [0.5, 0.6) is 5.75 Å². The monoisotopic (exact) mass is 375 g/mol. The third-order valence-corrected chi connectivity index (χ3v) is 4.63. The SMILES string of the molecule is CCC(C)(C)NCc1cc(Br)ccc1OCc1cccc(C)c1. The Morgan fingerprint density at radius 3 is 2.61 bits per heavy atom. The molecule has 0 aliphatic carbocycles. The average molecular weight is 376 g/mol. The third-order valence-electron chi connectivity index (χ3n) is 4.14. The molecule has 2 nitrogen and oxygen atoms in total. The van der Waals surface area contributed by atoms with E-state index >= 15 is 0 Å². The molecule has 0 bridgehead atoms. The van der Waals surface area contributed by atoms with E-state index < -0.39 is 0 Å². The Labute approximate surface area is 148 Å². The van der Waals surface area contributed by atoms with Gasteiger partial charge in [-0.15, -0.1) is 0 Å². The van der Waals surface area contributed by atoms with Crippen molar-refractivity contribution in [2.45, 2.75) is 52.8 Å². The van der Waals surface area contributed by atoms with Gasteiger partial charge < -0.3 is 10.1 Å². The molecule has 2 rings (SSSR count). The number of rotatable bonds is 7. The van der Waals surface area contributed by atoms with Crippen LogP contribution < -0.4 is 10.1 Å². The van der Waals surface area contributed by atoms with E-state index in [9.17, 15) is 0 Å². The molecule has 0 amide bonds. The number of hydrogen-bond acceptors (Lipinski definition) is 2. The van der Waals surface area contributed by atoms with E-state index in [0.29, 0.717) is 6.61 Å². The van der Waals surface area contributed by atoms with Gasteiger partial charge in [0.1, 0.15) is 12.4 Å². The van der Waals surface area contributed by atoms with Gasteiger partial charge in [-0.2, -0.15) is 0 Å². The van der Waals surface area contributed by atoms with Gasteiger partial charge in [0.25, 0.3) is 0 Å². The second-order valence-corrected chi connectivity index (χ2v) is 7.54. The smallest absolute Gasteiger partial charge is 0.124 e. The standard InChI is InChI=1S/C20H26BrNO/c1-5-20(3,4)22-13-17-12-18(21)9-10-19(17)23-14-16-8-6-7-15(2)11-16/h6-12,22H,5,13-14H2,1-4H3. The highest BCUT2D eigenvalue weighted by molar-refractivity contribution is 9.10. The minimum Gasteiger partial charge on any atom is -0.489 e. The summed E-state index contributed by atoms with van der Waals surface area (Å²) >= 11 is 3.56. The van der Waals surface area contributed by atoms with Crippen molar-refractivity contribution in [1.82, 2.24) is 5.32 Å². The van der Waals surface area contributed by atoms with Gasteiger partial charge in [-0.05, 0) is 51.0 Å². The van der Waals surface area contributed by atoms with Crippen molar-refractivity contribution >= 4 is 15.9 Å². The van der Waals surface area contributed by atoms with E-state index in [2.05, 4.69) is 79.3 Å². The van der Waals surface area contributed by atoms with Crippen molar-refractivity contribution in [3.05, 3.63) is 63.6 Å². The number of halogens is 1. The Bertz CT molecular complexity index is 652. The summed E-state index contributed by atoms with van der Waals surface area (Å²) in [5.74, 6) is 0.939. The summed E-state index contributed by atoms with van der Waals surface area (Å²) in [6.07, 6.45) is 1.08. The molecular formula is C20H26BrNO. The van der Waals surface area contributed by atoms with E-state index in [-0.39, 0.29) is 5.54 Å². The number of aryl methyl sites for hydroxylation is 1. The van der Waals surface area contributed by atoms with Crippen LogP contribution in [0.15, 0.2) is 46.9 Å². The van der Waals surface area contributed by atoms with Crippen LogP contribution in [-0.4, -0.2) is 5.54 Å². The van der Waals surface area contributed by atoms with Gasteiger partial charge in [0.2, 0.25) is 0 Å². The molecule has 0 atom stereocenters. The molecule has 124 valence electrons. The first-order chi connectivity index (χ1) is 10.9. The molecule has 0 aliphatic rings. The van der Waals surface area contributed by atoms with Gasteiger partial charge in [-0.3, -0.25) is 0 Å². The lowest BCUT2D eigenvalue weighted by atomic mass is 10.0. The summed E-state index contributed by atoms with van der Waals surface area (Å²) < 4.78 is 7.15. The lowest BCUT2D eigenvalue weighted by Gasteiger charge is -2.25. The quantitative estimate of drug-likeness (QED) is 0.678. The van der Waals surface area contributed by atoms with Crippen molar-refractivity contribution in [3.8, 4) is 5.75 Å². The second-order valence-electron chi connectivity index (χ2n) is 6.62. The predicted molar refractivity (Wildman–Crippen MR) is 101 cm³/mol. The average Bonchev–Trinajstić information content (AvgIpc) is 2.52.